The van der Waals surface area contributed by atoms with Gasteiger partial charge in [-0.2, -0.15) is 0 Å². The molecule has 1 unspecified atom stereocenters. The van der Waals surface area contributed by atoms with E-state index in [0.29, 0.717) is 6.04 Å². The van der Waals surface area contributed by atoms with Crippen molar-refractivity contribution in [3.63, 3.8) is 0 Å². The molecule has 1 saturated carbocycles. The molecule has 1 N–H and O–H groups in total. The smallest absolute Gasteiger partial charge is 0.203 e. The number of hydrogen-bond donors (Lipinski definition) is 1. The van der Waals surface area contributed by atoms with Crippen LogP contribution in [0.1, 0.15) is 51.5 Å². The molecule has 100 valence electrons. The highest BCUT2D eigenvalue weighted by molar-refractivity contribution is 5.32. The molecule has 1 saturated heterocycles. The lowest BCUT2D eigenvalue weighted by molar-refractivity contribution is 0.185. The summed E-state index contributed by atoms with van der Waals surface area (Å²) >= 11 is 0. The van der Waals surface area contributed by atoms with Crippen molar-refractivity contribution < 1.29 is 4.74 Å². The van der Waals surface area contributed by atoms with Gasteiger partial charge in [-0.05, 0) is 26.2 Å². The zero-order valence-electron chi connectivity index (χ0n) is 11.2. The Kier molecular flexibility index (Phi) is 3.29. The van der Waals surface area contributed by atoms with Gasteiger partial charge < -0.3 is 14.6 Å². The lowest BCUT2D eigenvalue weighted by atomic mass is 9.95. The molecule has 1 aliphatic heterocycles. The maximum atomic E-state index is 5.49. The molecular formula is C14H23N3O. The summed E-state index contributed by atoms with van der Waals surface area (Å²) in [4.78, 5) is 4.50. The SMILES string of the molecule is CC1(Nc2nccn2C2CCCCC2)CCOC1. The van der Waals surface area contributed by atoms with E-state index >= 15 is 0 Å². The van der Waals surface area contributed by atoms with E-state index < -0.39 is 0 Å². The van der Waals surface area contributed by atoms with Crippen LogP contribution in [0.15, 0.2) is 12.4 Å². The third kappa shape index (κ3) is 2.39. The summed E-state index contributed by atoms with van der Waals surface area (Å²) in [5.74, 6) is 1.02. The molecule has 0 bridgehead atoms. The summed E-state index contributed by atoms with van der Waals surface area (Å²) in [6, 6.07) is 0.634. The highest BCUT2D eigenvalue weighted by Crippen LogP contribution is 2.31. The van der Waals surface area contributed by atoms with Gasteiger partial charge in [0.25, 0.3) is 0 Å². The Balaban J connectivity index is 1.74. The van der Waals surface area contributed by atoms with Gasteiger partial charge in [0.15, 0.2) is 0 Å². The summed E-state index contributed by atoms with van der Waals surface area (Å²) in [6.07, 6.45) is 11.8. The first-order chi connectivity index (χ1) is 8.77. The third-order valence-corrected chi connectivity index (χ3v) is 4.27. The number of aromatic nitrogens is 2. The Labute approximate surface area is 109 Å². The van der Waals surface area contributed by atoms with E-state index in [1.165, 1.54) is 32.1 Å². The number of nitrogens with one attached hydrogen (secondary N) is 1. The molecule has 4 heteroatoms. The molecule has 1 atom stereocenters. The summed E-state index contributed by atoms with van der Waals surface area (Å²) in [7, 11) is 0. The monoisotopic (exact) mass is 249 g/mol. The molecule has 2 fully saturated rings. The highest BCUT2D eigenvalue weighted by Gasteiger charge is 2.31. The predicted octanol–water partition coefficient (Wildman–Crippen LogP) is 2.98. The zero-order chi connectivity index (χ0) is 12.4. The Morgan fingerprint density at radius 3 is 2.94 bits per heavy atom. The molecular weight excluding hydrogens is 226 g/mol. The van der Waals surface area contributed by atoms with Crippen molar-refractivity contribution in [1.82, 2.24) is 9.55 Å². The van der Waals surface area contributed by atoms with E-state index in [-0.39, 0.29) is 5.54 Å². The van der Waals surface area contributed by atoms with Gasteiger partial charge in [-0.1, -0.05) is 19.3 Å². The second kappa shape index (κ2) is 4.92. The van der Waals surface area contributed by atoms with Crippen LogP contribution in [0, 0.1) is 0 Å². The van der Waals surface area contributed by atoms with Gasteiger partial charge in [0.2, 0.25) is 5.95 Å². The second-order valence-corrected chi connectivity index (χ2v) is 5.94. The first-order valence-corrected chi connectivity index (χ1v) is 7.16. The highest BCUT2D eigenvalue weighted by atomic mass is 16.5. The fraction of sp³-hybridized carbons (Fsp3) is 0.786. The van der Waals surface area contributed by atoms with Crippen molar-refractivity contribution in [2.45, 2.75) is 57.0 Å². The van der Waals surface area contributed by atoms with Crippen molar-refractivity contribution in [1.29, 1.82) is 0 Å². The molecule has 0 spiro atoms. The maximum Gasteiger partial charge on any atom is 0.203 e. The van der Waals surface area contributed by atoms with Gasteiger partial charge in [-0.25, -0.2) is 4.98 Å². The fourth-order valence-corrected chi connectivity index (χ4v) is 3.10. The number of anilines is 1. The zero-order valence-corrected chi connectivity index (χ0v) is 11.2. The Hall–Kier alpha value is -1.03. The van der Waals surface area contributed by atoms with Crippen LogP contribution >= 0.6 is 0 Å². The predicted molar refractivity (Wildman–Crippen MR) is 71.8 cm³/mol. The topological polar surface area (TPSA) is 39.1 Å². The van der Waals surface area contributed by atoms with E-state index in [1.54, 1.807) is 0 Å². The van der Waals surface area contributed by atoms with Crippen LogP contribution in [-0.2, 0) is 4.74 Å². The van der Waals surface area contributed by atoms with Gasteiger partial charge in [0, 0.05) is 25.0 Å². The minimum Gasteiger partial charge on any atom is -0.379 e. The van der Waals surface area contributed by atoms with E-state index in [9.17, 15) is 0 Å². The molecule has 1 aromatic rings. The van der Waals surface area contributed by atoms with Crippen LogP contribution in [-0.4, -0.2) is 28.3 Å². The molecule has 0 amide bonds. The normalized spacial score (nSPS) is 29.6. The van der Waals surface area contributed by atoms with Crippen LogP contribution < -0.4 is 5.32 Å². The van der Waals surface area contributed by atoms with Crippen LogP contribution in [0.2, 0.25) is 0 Å². The molecule has 4 nitrogen and oxygen atoms in total. The molecule has 1 aromatic heterocycles. The number of nitrogens with zero attached hydrogens (tertiary/aromatic N) is 2. The molecule has 3 rings (SSSR count). The maximum absolute atomic E-state index is 5.49. The Morgan fingerprint density at radius 2 is 2.22 bits per heavy atom. The van der Waals surface area contributed by atoms with Gasteiger partial charge in [0.1, 0.15) is 0 Å². The fourth-order valence-electron chi connectivity index (χ4n) is 3.10. The van der Waals surface area contributed by atoms with Gasteiger partial charge in [0.05, 0.1) is 12.1 Å². The van der Waals surface area contributed by atoms with E-state index in [2.05, 4.69) is 28.0 Å². The van der Waals surface area contributed by atoms with Crippen LogP contribution in [0.25, 0.3) is 0 Å². The van der Waals surface area contributed by atoms with E-state index in [0.717, 1.165) is 25.6 Å². The summed E-state index contributed by atoms with van der Waals surface area (Å²) in [5, 5.41) is 3.59. The van der Waals surface area contributed by atoms with E-state index in [1.807, 2.05) is 6.20 Å². The number of imidazole rings is 1. The summed E-state index contributed by atoms with van der Waals surface area (Å²) < 4.78 is 7.83. The van der Waals surface area contributed by atoms with E-state index in [4.69, 9.17) is 4.74 Å². The van der Waals surface area contributed by atoms with Crippen molar-refractivity contribution in [3.05, 3.63) is 12.4 Å². The largest absolute Gasteiger partial charge is 0.379 e. The van der Waals surface area contributed by atoms with Gasteiger partial charge in [-0.3, -0.25) is 0 Å². The quantitative estimate of drug-likeness (QED) is 0.895. The lowest BCUT2D eigenvalue weighted by Gasteiger charge is -2.29. The molecule has 1 aliphatic carbocycles. The van der Waals surface area contributed by atoms with Crippen LogP contribution in [0.5, 0.6) is 0 Å². The third-order valence-electron chi connectivity index (χ3n) is 4.27. The molecule has 2 aliphatic rings. The standard InChI is InChI=1S/C14H23N3O/c1-14(7-10-18-11-14)16-13-15-8-9-17(13)12-5-3-2-4-6-12/h8-9,12H,2-7,10-11H2,1H3,(H,15,16). The van der Waals surface area contributed by atoms with Crippen molar-refractivity contribution in [2.75, 3.05) is 18.5 Å². The summed E-state index contributed by atoms with van der Waals surface area (Å²) in [6.45, 7) is 3.86. The minimum atomic E-state index is 0.0533. The molecule has 2 heterocycles. The van der Waals surface area contributed by atoms with Crippen LogP contribution in [0.3, 0.4) is 0 Å². The van der Waals surface area contributed by atoms with Gasteiger partial charge in [-0.15, -0.1) is 0 Å². The van der Waals surface area contributed by atoms with Crippen LogP contribution in [0.4, 0.5) is 5.95 Å². The van der Waals surface area contributed by atoms with Gasteiger partial charge >= 0.3 is 0 Å². The first-order valence-electron chi connectivity index (χ1n) is 7.16. The Bertz CT molecular complexity index is 389. The van der Waals surface area contributed by atoms with Crippen molar-refractivity contribution >= 4 is 5.95 Å². The first kappa shape index (κ1) is 12.0. The second-order valence-electron chi connectivity index (χ2n) is 5.94. The summed E-state index contributed by atoms with van der Waals surface area (Å²) in [5.41, 5.74) is 0.0533. The van der Waals surface area contributed by atoms with Crippen molar-refractivity contribution in [3.8, 4) is 0 Å². The van der Waals surface area contributed by atoms with Crippen molar-refractivity contribution in [2.24, 2.45) is 0 Å². The molecule has 0 radical (unpaired) electrons. The molecule has 18 heavy (non-hydrogen) atoms. The average molecular weight is 249 g/mol. The molecule has 0 aromatic carbocycles. The Morgan fingerprint density at radius 1 is 1.39 bits per heavy atom. The average Bonchev–Trinajstić information content (AvgIpc) is 3.00. The number of hydrogen-bond acceptors (Lipinski definition) is 3. The number of ether oxygens (including phenoxy) is 1. The number of rotatable bonds is 3. The minimum absolute atomic E-state index is 0.0533. The lowest BCUT2D eigenvalue weighted by Crippen LogP contribution is -2.36.